The SMILES string of the molecule is CCCCCCCC/C=C\CCCCCCCCCCCC(=O)OC[C@H](COP(=O)(O)OC[C@H](N)C(=O)O)OC(=O)CCCCCCC/C=C\C=C\C(=O)CCCCC. The van der Waals surface area contributed by atoms with Crippen molar-refractivity contribution in [2.75, 3.05) is 19.8 Å². The van der Waals surface area contributed by atoms with Crippen LogP contribution in [0.2, 0.25) is 0 Å². The van der Waals surface area contributed by atoms with E-state index in [1.54, 1.807) is 12.2 Å². The van der Waals surface area contributed by atoms with Gasteiger partial charge >= 0.3 is 25.7 Å². The van der Waals surface area contributed by atoms with Gasteiger partial charge in [0.25, 0.3) is 0 Å². The molecule has 0 saturated carbocycles. The number of phosphoric ester groups is 1. The Morgan fingerprint density at radius 3 is 1.54 bits per heavy atom. The third kappa shape index (κ3) is 40.5. The molecule has 0 aliphatic rings. The van der Waals surface area contributed by atoms with Gasteiger partial charge in [-0.2, -0.15) is 0 Å². The minimum absolute atomic E-state index is 0.110. The molecule has 0 aliphatic heterocycles. The number of nitrogens with two attached hydrogens (primary N) is 1. The first kappa shape index (κ1) is 56.4. The van der Waals surface area contributed by atoms with Crippen LogP contribution in [-0.2, 0) is 42.3 Å². The number of rotatable bonds is 43. The maximum Gasteiger partial charge on any atom is 0.472 e. The second-order valence-electron chi connectivity index (χ2n) is 15.6. The van der Waals surface area contributed by atoms with E-state index in [1.807, 2.05) is 12.2 Å². The molecule has 0 amide bonds. The lowest BCUT2D eigenvalue weighted by atomic mass is 10.1. The third-order valence-corrected chi connectivity index (χ3v) is 10.8. The van der Waals surface area contributed by atoms with Crippen LogP contribution in [0.15, 0.2) is 36.5 Å². The Bertz CT molecular complexity index is 1210. The number of ether oxygens (including phenoxy) is 2. The number of carboxylic acid groups (broad SMARTS) is 1. The summed E-state index contributed by atoms with van der Waals surface area (Å²) in [6, 6.07) is -1.54. The predicted octanol–water partition coefficient (Wildman–Crippen LogP) is 11.6. The molecular weight excluding hydrogens is 773 g/mol. The lowest BCUT2D eigenvalue weighted by Crippen LogP contribution is -2.34. The smallest absolute Gasteiger partial charge is 0.472 e. The third-order valence-electron chi connectivity index (χ3n) is 9.84. The van der Waals surface area contributed by atoms with Crippen LogP contribution in [-0.4, -0.2) is 65.7 Å². The van der Waals surface area contributed by atoms with Crippen molar-refractivity contribution < 1.29 is 52.3 Å². The molecule has 0 spiro atoms. The minimum Gasteiger partial charge on any atom is -0.480 e. The van der Waals surface area contributed by atoms with Crippen molar-refractivity contribution in [2.45, 2.75) is 212 Å². The van der Waals surface area contributed by atoms with Crippen LogP contribution in [0.4, 0.5) is 0 Å². The molecule has 0 fully saturated rings. The summed E-state index contributed by atoms with van der Waals surface area (Å²) in [5.74, 6) is -2.30. The Hall–Kier alpha value is -2.63. The first-order valence-electron chi connectivity index (χ1n) is 23.0. The number of carbonyl (C=O) groups excluding carboxylic acids is 3. The quantitative estimate of drug-likeness (QED) is 0.0132. The number of aliphatic carboxylic acids is 1. The van der Waals surface area contributed by atoms with E-state index in [0.29, 0.717) is 19.3 Å². The summed E-state index contributed by atoms with van der Waals surface area (Å²) in [6.45, 7) is 2.61. The molecule has 0 radical (unpaired) electrons. The standard InChI is InChI=1S/C46H82NO11P/c1-3-5-7-8-9-10-11-12-13-14-15-16-17-18-19-22-25-28-32-36-44(49)55-38-42(39-56-59(53,54)57-40-43(47)46(51)52)58-45(50)37-33-29-26-23-20-21-24-27-31-35-41(48)34-30-6-4-2/h12-13,24,27,31,35,42-43H,3-11,14-23,25-26,28-30,32-34,36-40,47H2,1-2H3,(H,51,52)(H,53,54)/b13-12-,27-24-,35-31+/t42-,43+/m1/s1. The lowest BCUT2D eigenvalue weighted by Gasteiger charge is -2.20. The van der Waals surface area contributed by atoms with Crippen LogP contribution in [0.25, 0.3) is 0 Å². The van der Waals surface area contributed by atoms with Gasteiger partial charge in [-0.1, -0.05) is 153 Å². The van der Waals surface area contributed by atoms with Gasteiger partial charge in [-0.3, -0.25) is 28.2 Å². The second kappa shape index (κ2) is 40.8. The highest BCUT2D eigenvalue weighted by Gasteiger charge is 2.28. The molecule has 0 aliphatic carbocycles. The zero-order valence-corrected chi connectivity index (χ0v) is 37.7. The van der Waals surface area contributed by atoms with Crippen LogP contribution in [0.1, 0.15) is 200 Å². The van der Waals surface area contributed by atoms with Crippen molar-refractivity contribution >= 4 is 31.5 Å². The Balaban J connectivity index is 4.37. The van der Waals surface area contributed by atoms with E-state index < -0.39 is 51.1 Å². The van der Waals surface area contributed by atoms with Gasteiger partial charge in [0.05, 0.1) is 13.2 Å². The first-order chi connectivity index (χ1) is 28.5. The second-order valence-corrected chi connectivity index (χ2v) is 17.0. The topological polar surface area (TPSA) is 189 Å². The number of unbranched alkanes of at least 4 members (excludes halogenated alkanes) is 22. The van der Waals surface area contributed by atoms with Gasteiger partial charge < -0.3 is 25.2 Å². The fourth-order valence-corrected chi connectivity index (χ4v) is 6.94. The molecule has 59 heavy (non-hydrogen) atoms. The Labute approximate surface area is 357 Å². The van der Waals surface area contributed by atoms with E-state index in [2.05, 4.69) is 30.5 Å². The molecule has 0 aromatic rings. The highest BCUT2D eigenvalue weighted by atomic mass is 31.2. The van der Waals surface area contributed by atoms with Gasteiger partial charge in [0.15, 0.2) is 11.9 Å². The van der Waals surface area contributed by atoms with Gasteiger partial charge in [0.1, 0.15) is 12.6 Å². The fourth-order valence-electron chi connectivity index (χ4n) is 6.16. The van der Waals surface area contributed by atoms with Crippen molar-refractivity contribution in [1.82, 2.24) is 0 Å². The molecular formula is C46H82NO11P. The Morgan fingerprint density at radius 1 is 0.559 bits per heavy atom. The number of carbonyl (C=O) groups is 4. The largest absolute Gasteiger partial charge is 0.480 e. The molecule has 0 aromatic heterocycles. The maximum atomic E-state index is 12.6. The molecule has 0 rings (SSSR count). The average molecular weight is 856 g/mol. The molecule has 3 atom stereocenters. The van der Waals surface area contributed by atoms with E-state index in [4.69, 9.17) is 24.8 Å². The molecule has 13 heteroatoms. The molecule has 0 aromatic carbocycles. The van der Waals surface area contributed by atoms with Crippen molar-refractivity contribution in [3.8, 4) is 0 Å². The fraction of sp³-hybridized carbons (Fsp3) is 0.783. The zero-order valence-electron chi connectivity index (χ0n) is 36.8. The number of esters is 2. The number of allylic oxidation sites excluding steroid dienone is 6. The first-order valence-corrected chi connectivity index (χ1v) is 24.5. The van der Waals surface area contributed by atoms with Crippen LogP contribution in [0.5, 0.6) is 0 Å². The van der Waals surface area contributed by atoms with Gasteiger partial charge in [-0.15, -0.1) is 0 Å². The molecule has 1 unspecified atom stereocenters. The summed E-state index contributed by atoms with van der Waals surface area (Å²) in [6.07, 6.45) is 40.4. The highest BCUT2D eigenvalue weighted by molar-refractivity contribution is 7.47. The summed E-state index contributed by atoms with van der Waals surface area (Å²) in [7, 11) is -4.74. The number of phosphoric acid groups is 1. The number of ketones is 1. The number of hydrogen-bond donors (Lipinski definition) is 3. The summed E-state index contributed by atoms with van der Waals surface area (Å²) in [5.41, 5.74) is 5.33. The number of carboxylic acids is 1. The van der Waals surface area contributed by atoms with Crippen molar-refractivity contribution in [3.05, 3.63) is 36.5 Å². The van der Waals surface area contributed by atoms with Crippen LogP contribution >= 0.6 is 7.82 Å². The Kier molecular flexibility index (Phi) is 38.9. The van der Waals surface area contributed by atoms with E-state index in [1.165, 1.54) is 83.5 Å². The van der Waals surface area contributed by atoms with Crippen LogP contribution in [0.3, 0.4) is 0 Å². The van der Waals surface area contributed by atoms with Crippen LogP contribution in [0, 0.1) is 0 Å². The summed E-state index contributed by atoms with van der Waals surface area (Å²) in [4.78, 5) is 57.8. The molecule has 12 nitrogen and oxygen atoms in total. The molecule has 342 valence electrons. The lowest BCUT2D eigenvalue weighted by molar-refractivity contribution is -0.161. The maximum absolute atomic E-state index is 12.6. The van der Waals surface area contributed by atoms with Gasteiger partial charge in [-0.25, -0.2) is 4.57 Å². The molecule has 0 heterocycles. The van der Waals surface area contributed by atoms with E-state index >= 15 is 0 Å². The summed E-state index contributed by atoms with van der Waals surface area (Å²) in [5, 5.41) is 8.89. The zero-order chi connectivity index (χ0) is 43.7. The van der Waals surface area contributed by atoms with E-state index in [-0.39, 0.29) is 25.2 Å². The van der Waals surface area contributed by atoms with Crippen molar-refractivity contribution in [1.29, 1.82) is 0 Å². The summed E-state index contributed by atoms with van der Waals surface area (Å²) >= 11 is 0. The molecule has 4 N–H and O–H groups in total. The van der Waals surface area contributed by atoms with E-state index in [0.717, 1.165) is 70.6 Å². The number of hydrogen-bond acceptors (Lipinski definition) is 10. The van der Waals surface area contributed by atoms with Gasteiger partial charge in [0.2, 0.25) is 0 Å². The highest BCUT2D eigenvalue weighted by Crippen LogP contribution is 2.43. The predicted molar refractivity (Wildman–Crippen MR) is 236 cm³/mol. The van der Waals surface area contributed by atoms with Crippen molar-refractivity contribution in [2.24, 2.45) is 5.73 Å². The monoisotopic (exact) mass is 856 g/mol. The van der Waals surface area contributed by atoms with Gasteiger partial charge in [-0.05, 0) is 63.9 Å². The summed E-state index contributed by atoms with van der Waals surface area (Å²) < 4.78 is 32.7. The normalized spacial score (nSPS) is 13.9. The average Bonchev–Trinajstić information content (AvgIpc) is 3.20. The van der Waals surface area contributed by atoms with E-state index in [9.17, 15) is 28.6 Å². The van der Waals surface area contributed by atoms with Crippen LogP contribution < -0.4 is 5.73 Å². The molecule has 0 bridgehead atoms. The Morgan fingerprint density at radius 2 is 1.00 bits per heavy atom. The van der Waals surface area contributed by atoms with Crippen molar-refractivity contribution in [3.63, 3.8) is 0 Å². The minimum atomic E-state index is -4.74. The molecule has 0 saturated heterocycles. The van der Waals surface area contributed by atoms with Gasteiger partial charge in [0, 0.05) is 19.3 Å².